The van der Waals surface area contributed by atoms with Crippen LogP contribution in [0, 0.1) is 6.92 Å². The summed E-state index contributed by atoms with van der Waals surface area (Å²) in [6, 6.07) is 9.56. The molecule has 32 heavy (non-hydrogen) atoms. The predicted octanol–water partition coefficient (Wildman–Crippen LogP) is 2.07. The van der Waals surface area contributed by atoms with Crippen molar-refractivity contribution in [2.75, 3.05) is 51.3 Å². The van der Waals surface area contributed by atoms with E-state index in [0.717, 1.165) is 35.9 Å². The second kappa shape index (κ2) is 10.5. The van der Waals surface area contributed by atoms with Crippen molar-refractivity contribution in [1.29, 1.82) is 0 Å². The van der Waals surface area contributed by atoms with Crippen molar-refractivity contribution in [2.45, 2.75) is 25.9 Å². The number of nitrogens with zero attached hydrogens (tertiary/aromatic N) is 4. The van der Waals surface area contributed by atoms with Gasteiger partial charge in [0.25, 0.3) is 0 Å². The molecule has 170 valence electrons. The highest BCUT2D eigenvalue weighted by Crippen LogP contribution is 2.25. The molecule has 0 saturated carbocycles. The van der Waals surface area contributed by atoms with Crippen LogP contribution in [0.2, 0.25) is 0 Å². The average molecular weight is 440 g/mol. The Bertz CT molecular complexity index is 939. The minimum absolute atomic E-state index is 0.00246. The Morgan fingerprint density at radius 1 is 1.31 bits per heavy atom. The molecule has 2 amide bonds. The predicted molar refractivity (Wildman–Crippen MR) is 118 cm³/mol. The van der Waals surface area contributed by atoms with Gasteiger partial charge in [0.05, 0.1) is 25.5 Å². The van der Waals surface area contributed by atoms with Gasteiger partial charge in [-0.15, -0.1) is 0 Å². The lowest BCUT2D eigenvalue weighted by molar-refractivity contribution is -0.144. The number of amides is 2. The zero-order valence-corrected chi connectivity index (χ0v) is 18.3. The summed E-state index contributed by atoms with van der Waals surface area (Å²) >= 11 is 0. The molecule has 1 atom stereocenters. The molecule has 2 aromatic rings. The number of aryl methyl sites for hydroxylation is 1. The van der Waals surface area contributed by atoms with Crippen LogP contribution in [0.3, 0.4) is 0 Å². The van der Waals surface area contributed by atoms with E-state index in [1.54, 1.807) is 16.0 Å². The van der Waals surface area contributed by atoms with Gasteiger partial charge in [0, 0.05) is 43.6 Å². The van der Waals surface area contributed by atoms with Crippen LogP contribution < -0.4 is 5.32 Å². The van der Waals surface area contributed by atoms with Crippen LogP contribution in [0.25, 0.3) is 0 Å². The number of anilines is 2. The SMILES string of the molecule is Cc1cc(Nc2ccccn2)cc(C2CN(C(=O)COCCN3CCCC3=O)CCO2)n1. The molecule has 9 nitrogen and oxygen atoms in total. The average Bonchev–Trinajstić information content (AvgIpc) is 3.21. The Balaban J connectivity index is 1.31. The summed E-state index contributed by atoms with van der Waals surface area (Å²) in [6.07, 6.45) is 2.94. The second-order valence-electron chi connectivity index (χ2n) is 8.00. The number of aromatic nitrogens is 2. The molecule has 2 aliphatic rings. The standard InChI is InChI=1S/C23H29N5O4/c1-17-13-18(26-21-5-2-3-7-24-21)14-19(25-17)20-15-28(10-12-32-20)23(30)16-31-11-9-27-8-4-6-22(27)29/h2-3,5,7,13-14,20H,4,6,8-12,15-16H2,1H3,(H,24,25,26). The lowest BCUT2D eigenvalue weighted by Crippen LogP contribution is -2.44. The maximum atomic E-state index is 12.6. The fourth-order valence-electron chi connectivity index (χ4n) is 3.94. The van der Waals surface area contributed by atoms with Crippen LogP contribution >= 0.6 is 0 Å². The highest BCUT2D eigenvalue weighted by molar-refractivity contribution is 5.78. The fourth-order valence-corrected chi connectivity index (χ4v) is 3.94. The Morgan fingerprint density at radius 2 is 2.22 bits per heavy atom. The van der Waals surface area contributed by atoms with Crippen LogP contribution in [0.4, 0.5) is 11.5 Å². The quantitative estimate of drug-likeness (QED) is 0.629. The Kier molecular flexibility index (Phi) is 7.28. The number of pyridine rings is 2. The highest BCUT2D eigenvalue weighted by atomic mass is 16.5. The van der Waals surface area contributed by atoms with E-state index < -0.39 is 0 Å². The van der Waals surface area contributed by atoms with Crippen molar-refractivity contribution < 1.29 is 19.1 Å². The molecule has 0 aromatic carbocycles. The Labute approximate surface area is 187 Å². The van der Waals surface area contributed by atoms with E-state index in [2.05, 4.69) is 15.3 Å². The van der Waals surface area contributed by atoms with Crippen LogP contribution in [0.15, 0.2) is 36.5 Å². The molecule has 2 saturated heterocycles. The number of morpholine rings is 1. The van der Waals surface area contributed by atoms with Gasteiger partial charge in [-0.1, -0.05) is 6.07 Å². The molecule has 1 unspecified atom stereocenters. The lowest BCUT2D eigenvalue weighted by Gasteiger charge is -2.33. The van der Waals surface area contributed by atoms with Gasteiger partial charge < -0.3 is 24.6 Å². The molecule has 0 aliphatic carbocycles. The maximum Gasteiger partial charge on any atom is 0.248 e. The van der Waals surface area contributed by atoms with Gasteiger partial charge >= 0.3 is 0 Å². The van der Waals surface area contributed by atoms with E-state index >= 15 is 0 Å². The van der Waals surface area contributed by atoms with Gasteiger partial charge in [-0.3, -0.25) is 14.6 Å². The van der Waals surface area contributed by atoms with Crippen LogP contribution in [-0.4, -0.2) is 77.6 Å². The van der Waals surface area contributed by atoms with Crippen molar-refractivity contribution in [2.24, 2.45) is 0 Å². The zero-order valence-electron chi connectivity index (χ0n) is 18.3. The van der Waals surface area contributed by atoms with E-state index in [1.807, 2.05) is 37.3 Å². The summed E-state index contributed by atoms with van der Waals surface area (Å²) in [6.45, 7) is 5.00. The Morgan fingerprint density at radius 3 is 3.00 bits per heavy atom. The summed E-state index contributed by atoms with van der Waals surface area (Å²) in [7, 11) is 0. The van der Waals surface area contributed by atoms with Gasteiger partial charge in [0.1, 0.15) is 18.5 Å². The topological polar surface area (TPSA) is 96.9 Å². The number of rotatable bonds is 8. The normalized spacial score (nSPS) is 18.8. The zero-order chi connectivity index (χ0) is 22.3. The minimum Gasteiger partial charge on any atom is -0.370 e. The third kappa shape index (κ3) is 5.80. The minimum atomic E-state index is -0.306. The van der Waals surface area contributed by atoms with E-state index in [9.17, 15) is 9.59 Å². The molecule has 1 N–H and O–H groups in total. The summed E-state index contributed by atoms with van der Waals surface area (Å²) < 4.78 is 11.5. The number of carbonyl (C=O) groups excluding carboxylic acids is 2. The number of carbonyl (C=O) groups is 2. The van der Waals surface area contributed by atoms with Gasteiger partial charge in [0.2, 0.25) is 11.8 Å². The first-order valence-electron chi connectivity index (χ1n) is 11.0. The van der Waals surface area contributed by atoms with Crippen molar-refractivity contribution in [3.63, 3.8) is 0 Å². The van der Waals surface area contributed by atoms with Gasteiger partial charge in [-0.25, -0.2) is 4.98 Å². The number of nitrogens with one attached hydrogen (secondary N) is 1. The fraction of sp³-hybridized carbons (Fsp3) is 0.478. The second-order valence-corrected chi connectivity index (χ2v) is 8.00. The van der Waals surface area contributed by atoms with Gasteiger partial charge in [0.15, 0.2) is 0 Å². The molecule has 0 spiro atoms. The van der Waals surface area contributed by atoms with Crippen molar-refractivity contribution in [1.82, 2.24) is 19.8 Å². The van der Waals surface area contributed by atoms with Crippen LogP contribution in [-0.2, 0) is 19.1 Å². The van der Waals surface area contributed by atoms with E-state index in [1.165, 1.54) is 0 Å². The molecule has 0 radical (unpaired) electrons. The molecule has 4 heterocycles. The maximum absolute atomic E-state index is 12.6. The molecule has 4 rings (SSSR count). The van der Waals surface area contributed by atoms with E-state index in [0.29, 0.717) is 39.3 Å². The van der Waals surface area contributed by atoms with E-state index in [-0.39, 0.29) is 24.5 Å². The van der Waals surface area contributed by atoms with E-state index in [4.69, 9.17) is 9.47 Å². The number of ether oxygens (including phenoxy) is 2. The molecule has 2 aromatic heterocycles. The first-order chi connectivity index (χ1) is 15.6. The smallest absolute Gasteiger partial charge is 0.248 e. The monoisotopic (exact) mass is 439 g/mol. The Hall–Kier alpha value is -3.04. The van der Waals surface area contributed by atoms with Crippen LogP contribution in [0.5, 0.6) is 0 Å². The first-order valence-corrected chi connectivity index (χ1v) is 11.0. The van der Waals surface area contributed by atoms with Crippen LogP contribution in [0.1, 0.15) is 30.3 Å². The summed E-state index contributed by atoms with van der Waals surface area (Å²) in [5.74, 6) is 0.835. The first kappa shape index (κ1) is 22.2. The molecule has 2 fully saturated rings. The number of hydrogen-bond donors (Lipinski definition) is 1. The largest absolute Gasteiger partial charge is 0.370 e. The van der Waals surface area contributed by atoms with Crippen molar-refractivity contribution in [3.8, 4) is 0 Å². The van der Waals surface area contributed by atoms with Crippen molar-refractivity contribution in [3.05, 3.63) is 47.9 Å². The van der Waals surface area contributed by atoms with Gasteiger partial charge in [-0.05, 0) is 37.6 Å². The lowest BCUT2D eigenvalue weighted by atomic mass is 10.1. The summed E-state index contributed by atoms with van der Waals surface area (Å²) in [4.78, 5) is 36.7. The molecular formula is C23H29N5O4. The highest BCUT2D eigenvalue weighted by Gasteiger charge is 2.27. The molecule has 0 bridgehead atoms. The molecule has 2 aliphatic heterocycles. The summed E-state index contributed by atoms with van der Waals surface area (Å²) in [5, 5.41) is 3.28. The molecule has 9 heteroatoms. The number of likely N-dealkylation sites (tertiary alicyclic amines) is 1. The number of hydrogen-bond acceptors (Lipinski definition) is 7. The third-order valence-corrected chi connectivity index (χ3v) is 5.56. The van der Waals surface area contributed by atoms with Gasteiger partial charge in [-0.2, -0.15) is 0 Å². The van der Waals surface area contributed by atoms with Crippen molar-refractivity contribution >= 4 is 23.3 Å². The third-order valence-electron chi connectivity index (χ3n) is 5.56. The molecular weight excluding hydrogens is 410 g/mol. The summed E-state index contributed by atoms with van der Waals surface area (Å²) in [5.41, 5.74) is 2.50.